The molecule has 1 aliphatic heterocycles. The Labute approximate surface area is 160 Å². The van der Waals surface area contributed by atoms with Crippen LogP contribution in [0.2, 0.25) is 0 Å². The molecule has 0 saturated heterocycles. The van der Waals surface area contributed by atoms with E-state index >= 15 is 0 Å². The van der Waals surface area contributed by atoms with Gasteiger partial charge >= 0.3 is 0 Å². The highest BCUT2D eigenvalue weighted by atomic mass is 19.1. The highest BCUT2D eigenvalue weighted by Crippen LogP contribution is 2.43. The summed E-state index contributed by atoms with van der Waals surface area (Å²) in [4.78, 5) is 14.7. The Morgan fingerprint density at radius 3 is 2.82 bits per heavy atom. The highest BCUT2D eigenvalue weighted by Gasteiger charge is 2.28. The number of aromatic nitrogens is 1. The molecule has 2 heterocycles. The van der Waals surface area contributed by atoms with E-state index in [9.17, 15) is 19.6 Å². The van der Waals surface area contributed by atoms with Crippen molar-refractivity contribution in [2.24, 2.45) is 0 Å². The molecule has 4 rings (SSSR count). The van der Waals surface area contributed by atoms with Crippen molar-refractivity contribution in [3.05, 3.63) is 58.1 Å². The summed E-state index contributed by atoms with van der Waals surface area (Å²) in [5, 5.41) is 20.2. The van der Waals surface area contributed by atoms with Crippen LogP contribution in [-0.2, 0) is 6.54 Å². The van der Waals surface area contributed by atoms with Crippen LogP contribution >= 0.6 is 0 Å². The van der Waals surface area contributed by atoms with E-state index in [-0.39, 0.29) is 29.5 Å². The van der Waals surface area contributed by atoms with Crippen LogP contribution in [0.3, 0.4) is 0 Å². The van der Waals surface area contributed by atoms with Crippen LogP contribution in [0.25, 0.3) is 22.0 Å². The lowest BCUT2D eigenvalue weighted by atomic mass is 9.98. The molecule has 7 heteroatoms. The average Bonchev–Trinajstić information content (AvgIpc) is 2.64. The van der Waals surface area contributed by atoms with Crippen LogP contribution in [0.5, 0.6) is 11.5 Å². The number of ether oxygens (including phenoxy) is 1. The van der Waals surface area contributed by atoms with E-state index in [2.05, 4.69) is 0 Å². The lowest BCUT2D eigenvalue weighted by Crippen LogP contribution is -2.40. The zero-order valence-electron chi connectivity index (χ0n) is 15.4. The smallest absolute Gasteiger partial charge is 0.269 e. The molecule has 2 aromatic carbocycles. The Bertz CT molecular complexity index is 1170. The summed E-state index contributed by atoms with van der Waals surface area (Å²) >= 11 is 0. The lowest BCUT2D eigenvalue weighted by Gasteiger charge is -2.31. The molecule has 0 fully saturated rings. The van der Waals surface area contributed by atoms with Crippen molar-refractivity contribution in [1.29, 1.82) is 5.26 Å². The number of nitrogens with zero attached hydrogens (tertiary/aromatic N) is 3. The van der Waals surface area contributed by atoms with E-state index in [0.717, 1.165) is 0 Å². The molecular formula is C21H18FN3O3. The first kappa shape index (κ1) is 18.0. The summed E-state index contributed by atoms with van der Waals surface area (Å²) in [5.74, 6) is -0.467. The second-order valence-corrected chi connectivity index (χ2v) is 7.10. The number of aromatic hydroxyl groups is 1. The monoisotopic (exact) mass is 379 g/mol. The number of pyridine rings is 1. The van der Waals surface area contributed by atoms with Crippen molar-refractivity contribution in [2.45, 2.75) is 12.6 Å². The van der Waals surface area contributed by atoms with Crippen molar-refractivity contribution in [2.75, 3.05) is 20.6 Å². The van der Waals surface area contributed by atoms with Crippen molar-refractivity contribution in [3.8, 4) is 28.7 Å². The van der Waals surface area contributed by atoms with Gasteiger partial charge in [-0.15, -0.1) is 0 Å². The third kappa shape index (κ3) is 2.79. The van der Waals surface area contributed by atoms with Gasteiger partial charge < -0.3 is 14.7 Å². The first-order chi connectivity index (χ1) is 13.4. The predicted octanol–water partition coefficient (Wildman–Crippen LogP) is 2.71. The number of hydrogen-bond acceptors (Lipinski definition) is 5. The molecule has 0 radical (unpaired) electrons. The molecule has 0 amide bonds. The van der Waals surface area contributed by atoms with Gasteiger partial charge in [0.2, 0.25) is 0 Å². The maximum atomic E-state index is 14.5. The molecule has 3 aromatic rings. The molecule has 0 bridgehead atoms. The Kier molecular flexibility index (Phi) is 4.28. The molecule has 1 N–H and O–H groups in total. The summed E-state index contributed by atoms with van der Waals surface area (Å²) in [6.45, 7) is 0.810. The topological polar surface area (TPSA) is 78.5 Å². The highest BCUT2D eigenvalue weighted by molar-refractivity contribution is 5.94. The quantitative estimate of drug-likeness (QED) is 0.757. The third-order valence-electron chi connectivity index (χ3n) is 4.83. The molecule has 28 heavy (non-hydrogen) atoms. The van der Waals surface area contributed by atoms with Crippen molar-refractivity contribution in [1.82, 2.24) is 9.47 Å². The summed E-state index contributed by atoms with van der Waals surface area (Å²) in [7, 11) is 3.77. The van der Waals surface area contributed by atoms with Gasteiger partial charge in [0, 0.05) is 17.5 Å². The van der Waals surface area contributed by atoms with Crippen LogP contribution in [-0.4, -0.2) is 41.3 Å². The maximum absolute atomic E-state index is 14.5. The molecule has 1 unspecified atom stereocenters. The minimum Gasteiger partial charge on any atom is -0.507 e. The zero-order valence-corrected chi connectivity index (χ0v) is 15.4. The van der Waals surface area contributed by atoms with E-state index < -0.39 is 11.4 Å². The van der Waals surface area contributed by atoms with E-state index in [4.69, 9.17) is 4.74 Å². The fourth-order valence-electron chi connectivity index (χ4n) is 3.71. The molecule has 1 aliphatic rings. The number of rotatable bonds is 3. The van der Waals surface area contributed by atoms with Crippen LogP contribution in [0.1, 0.15) is 5.56 Å². The number of hydrogen-bond donors (Lipinski definition) is 1. The fourth-order valence-corrected chi connectivity index (χ4v) is 3.71. The maximum Gasteiger partial charge on any atom is 0.269 e. The number of halogens is 1. The second kappa shape index (κ2) is 6.66. The zero-order chi connectivity index (χ0) is 20.0. The van der Waals surface area contributed by atoms with Gasteiger partial charge in [0.25, 0.3) is 5.56 Å². The largest absolute Gasteiger partial charge is 0.507 e. The first-order valence-electron chi connectivity index (χ1n) is 8.80. The average molecular weight is 379 g/mol. The van der Waals surface area contributed by atoms with E-state index in [1.807, 2.05) is 25.1 Å². The number of benzene rings is 2. The van der Waals surface area contributed by atoms with Crippen LogP contribution < -0.4 is 10.3 Å². The predicted molar refractivity (Wildman–Crippen MR) is 103 cm³/mol. The SMILES string of the molecule is CN(C)CC1Cn2c(=O)c(C#N)cc3ccc(-c4c(O)cccc4F)c(c32)O1. The van der Waals surface area contributed by atoms with E-state index in [1.54, 1.807) is 12.1 Å². The van der Waals surface area contributed by atoms with Gasteiger partial charge in [0.05, 0.1) is 17.6 Å². The summed E-state index contributed by atoms with van der Waals surface area (Å²) in [6.07, 6.45) is -0.368. The third-order valence-corrected chi connectivity index (χ3v) is 4.83. The summed E-state index contributed by atoms with van der Waals surface area (Å²) in [5.41, 5.74) is 0.528. The molecule has 1 atom stereocenters. The van der Waals surface area contributed by atoms with E-state index in [0.29, 0.717) is 28.8 Å². The Hall–Kier alpha value is -3.37. The number of likely N-dealkylation sites (N-methyl/N-ethyl adjacent to an activating group) is 1. The lowest BCUT2D eigenvalue weighted by molar-refractivity contribution is 0.134. The van der Waals surface area contributed by atoms with Gasteiger partial charge in [-0.1, -0.05) is 12.1 Å². The Balaban J connectivity index is 2.06. The van der Waals surface area contributed by atoms with Gasteiger partial charge in [-0.2, -0.15) is 5.26 Å². The molecule has 0 saturated carbocycles. The standard InChI is InChI=1S/C21H18FN3O3/c1-24(2)10-14-11-25-19-12(8-13(9-23)21(25)27)6-7-15(20(19)28-14)18-16(22)4-3-5-17(18)26/h3-8,14,26H,10-11H2,1-2H3. The molecule has 0 aliphatic carbocycles. The van der Waals surface area contributed by atoms with Gasteiger partial charge in [-0.25, -0.2) is 4.39 Å². The van der Waals surface area contributed by atoms with E-state index in [1.165, 1.54) is 28.8 Å². The van der Waals surface area contributed by atoms with Crippen molar-refractivity contribution < 1.29 is 14.2 Å². The Morgan fingerprint density at radius 2 is 2.14 bits per heavy atom. The minimum atomic E-state index is -0.587. The minimum absolute atomic E-state index is 0.0215. The van der Waals surface area contributed by atoms with Gasteiger partial charge in [0.1, 0.15) is 29.3 Å². The molecule has 1 aromatic heterocycles. The van der Waals surface area contributed by atoms with Crippen LogP contribution in [0.15, 0.2) is 41.2 Å². The van der Waals surface area contributed by atoms with Crippen molar-refractivity contribution >= 4 is 10.9 Å². The van der Waals surface area contributed by atoms with Gasteiger partial charge in [0.15, 0.2) is 5.75 Å². The number of nitriles is 1. The first-order valence-corrected chi connectivity index (χ1v) is 8.80. The molecular weight excluding hydrogens is 361 g/mol. The molecule has 0 spiro atoms. The summed E-state index contributed by atoms with van der Waals surface area (Å²) < 4.78 is 22.2. The van der Waals surface area contributed by atoms with Crippen LogP contribution in [0, 0.1) is 17.1 Å². The normalized spacial score (nSPS) is 15.5. The van der Waals surface area contributed by atoms with Gasteiger partial charge in [-0.05, 0) is 38.4 Å². The fraction of sp³-hybridized carbons (Fsp3) is 0.238. The van der Waals surface area contributed by atoms with Crippen molar-refractivity contribution in [3.63, 3.8) is 0 Å². The molecule has 142 valence electrons. The second-order valence-electron chi connectivity index (χ2n) is 7.10. The number of phenolic OH excluding ortho intramolecular Hbond substituents is 1. The van der Waals surface area contributed by atoms with Crippen LogP contribution in [0.4, 0.5) is 4.39 Å². The summed E-state index contributed by atoms with van der Waals surface area (Å²) in [6, 6.07) is 10.9. The Morgan fingerprint density at radius 1 is 1.36 bits per heavy atom. The number of phenols is 1. The molecule has 6 nitrogen and oxygen atoms in total. The van der Waals surface area contributed by atoms with Gasteiger partial charge in [-0.3, -0.25) is 9.36 Å².